The number of nitrogens with two attached hydrogens (primary N) is 1. The van der Waals surface area contributed by atoms with E-state index in [9.17, 15) is 4.79 Å². The average Bonchev–Trinajstić information content (AvgIpc) is 2.73. The topological polar surface area (TPSA) is 52.3 Å². The number of ether oxygens (including phenoxy) is 1. The lowest BCUT2D eigenvalue weighted by Crippen LogP contribution is -2.46. The summed E-state index contributed by atoms with van der Waals surface area (Å²) in [7, 11) is 1.40. The normalized spacial score (nSPS) is 28.1. The minimum Gasteiger partial charge on any atom is -0.468 e. The molecule has 1 aromatic carbocycles. The van der Waals surface area contributed by atoms with E-state index in [0.717, 1.165) is 6.42 Å². The van der Waals surface area contributed by atoms with E-state index in [0.29, 0.717) is 18.8 Å². The van der Waals surface area contributed by atoms with Gasteiger partial charge in [0.25, 0.3) is 0 Å². The first kappa shape index (κ1) is 12.1. The molecule has 3 heteroatoms. The van der Waals surface area contributed by atoms with Crippen LogP contribution in [0.2, 0.25) is 0 Å². The van der Waals surface area contributed by atoms with Crippen LogP contribution >= 0.6 is 0 Å². The van der Waals surface area contributed by atoms with Gasteiger partial charge < -0.3 is 10.5 Å². The third-order valence-electron chi connectivity index (χ3n) is 3.69. The number of methoxy groups -OCH3 is 1. The summed E-state index contributed by atoms with van der Waals surface area (Å²) in [5, 5.41) is 0. The smallest absolute Gasteiger partial charge is 0.325 e. The Labute approximate surface area is 102 Å². The second-order valence-electron chi connectivity index (χ2n) is 5.00. The molecule has 2 unspecified atom stereocenters. The summed E-state index contributed by atoms with van der Waals surface area (Å²) in [6.45, 7) is 2.07. The van der Waals surface area contributed by atoms with Gasteiger partial charge in [-0.25, -0.2) is 0 Å². The number of rotatable bonds is 2. The third kappa shape index (κ3) is 2.34. The van der Waals surface area contributed by atoms with E-state index in [4.69, 9.17) is 10.5 Å². The Hall–Kier alpha value is -1.35. The fourth-order valence-electron chi connectivity index (χ4n) is 2.59. The molecular formula is C14H19NO2. The number of hydrogen-bond acceptors (Lipinski definition) is 3. The number of hydrogen-bond donors (Lipinski definition) is 1. The van der Waals surface area contributed by atoms with Gasteiger partial charge in [0.05, 0.1) is 7.11 Å². The molecule has 17 heavy (non-hydrogen) atoms. The monoisotopic (exact) mass is 233 g/mol. The average molecular weight is 233 g/mol. The van der Waals surface area contributed by atoms with Crippen molar-refractivity contribution in [3.8, 4) is 0 Å². The lowest BCUT2D eigenvalue weighted by Gasteiger charge is -2.20. The fourth-order valence-corrected chi connectivity index (χ4v) is 2.59. The first-order chi connectivity index (χ1) is 8.05. The van der Waals surface area contributed by atoms with Crippen molar-refractivity contribution in [2.75, 3.05) is 7.11 Å². The van der Waals surface area contributed by atoms with Crippen LogP contribution in [0.1, 0.15) is 36.3 Å². The van der Waals surface area contributed by atoms with Crippen LogP contribution in [0, 0.1) is 6.92 Å². The Morgan fingerprint density at radius 2 is 2.06 bits per heavy atom. The molecule has 0 aliphatic heterocycles. The highest BCUT2D eigenvalue weighted by molar-refractivity contribution is 5.81. The van der Waals surface area contributed by atoms with Crippen LogP contribution in [0.5, 0.6) is 0 Å². The molecular weight excluding hydrogens is 214 g/mol. The van der Waals surface area contributed by atoms with Crippen molar-refractivity contribution in [1.82, 2.24) is 0 Å². The minimum absolute atomic E-state index is 0.285. The molecule has 2 atom stereocenters. The Morgan fingerprint density at radius 3 is 2.65 bits per heavy atom. The van der Waals surface area contributed by atoms with E-state index in [1.165, 1.54) is 18.2 Å². The number of benzene rings is 1. The van der Waals surface area contributed by atoms with Gasteiger partial charge in [0.15, 0.2) is 0 Å². The summed E-state index contributed by atoms with van der Waals surface area (Å²) in [4.78, 5) is 11.6. The van der Waals surface area contributed by atoms with E-state index in [-0.39, 0.29) is 5.97 Å². The molecule has 92 valence electrons. The van der Waals surface area contributed by atoms with E-state index in [1.807, 2.05) is 0 Å². The summed E-state index contributed by atoms with van der Waals surface area (Å²) < 4.78 is 4.78. The maximum absolute atomic E-state index is 11.6. The highest BCUT2D eigenvalue weighted by Gasteiger charge is 2.43. The van der Waals surface area contributed by atoms with Crippen LogP contribution < -0.4 is 5.73 Å². The lowest BCUT2D eigenvalue weighted by molar-refractivity contribution is -0.146. The zero-order chi connectivity index (χ0) is 12.5. The van der Waals surface area contributed by atoms with Crippen LogP contribution in [0.4, 0.5) is 0 Å². The molecule has 1 saturated carbocycles. The van der Waals surface area contributed by atoms with Crippen LogP contribution in [-0.2, 0) is 9.53 Å². The highest BCUT2D eigenvalue weighted by Crippen LogP contribution is 2.40. The standard InChI is InChI=1S/C14H19NO2/c1-10-3-5-11(6-4-10)12-7-8-14(15,9-12)13(16)17-2/h3-6,12H,7-9,15H2,1-2H3. The van der Waals surface area contributed by atoms with E-state index in [1.54, 1.807) is 0 Å². The quantitative estimate of drug-likeness (QED) is 0.796. The van der Waals surface area contributed by atoms with Gasteiger partial charge in [0, 0.05) is 0 Å². The second-order valence-corrected chi connectivity index (χ2v) is 5.00. The lowest BCUT2D eigenvalue weighted by atomic mass is 9.93. The zero-order valence-electron chi connectivity index (χ0n) is 10.4. The van der Waals surface area contributed by atoms with Crippen molar-refractivity contribution in [1.29, 1.82) is 0 Å². The minimum atomic E-state index is -0.787. The molecule has 0 aromatic heterocycles. The Kier molecular flexibility index (Phi) is 3.20. The molecule has 3 nitrogen and oxygen atoms in total. The van der Waals surface area contributed by atoms with Gasteiger partial charge in [-0.2, -0.15) is 0 Å². The molecule has 1 aliphatic rings. The summed E-state index contributed by atoms with van der Waals surface area (Å²) in [6.07, 6.45) is 2.34. The molecule has 0 amide bonds. The SMILES string of the molecule is COC(=O)C1(N)CCC(c2ccc(C)cc2)C1. The van der Waals surface area contributed by atoms with Gasteiger partial charge in [-0.3, -0.25) is 4.79 Å². The van der Waals surface area contributed by atoms with Crippen molar-refractivity contribution >= 4 is 5.97 Å². The van der Waals surface area contributed by atoms with Gasteiger partial charge in [-0.1, -0.05) is 29.8 Å². The predicted molar refractivity (Wildman–Crippen MR) is 66.7 cm³/mol. The number of carbonyl (C=O) groups excluding carboxylic acids is 1. The third-order valence-corrected chi connectivity index (χ3v) is 3.69. The summed E-state index contributed by atoms with van der Waals surface area (Å²) in [6, 6.07) is 8.46. The van der Waals surface area contributed by atoms with E-state index < -0.39 is 5.54 Å². The van der Waals surface area contributed by atoms with Gasteiger partial charge in [-0.15, -0.1) is 0 Å². The predicted octanol–water partition coefficient (Wildman–Crippen LogP) is 2.13. The molecule has 2 N–H and O–H groups in total. The zero-order valence-corrected chi connectivity index (χ0v) is 10.4. The van der Waals surface area contributed by atoms with Gasteiger partial charge in [-0.05, 0) is 37.7 Å². The van der Waals surface area contributed by atoms with Crippen LogP contribution in [0.15, 0.2) is 24.3 Å². The van der Waals surface area contributed by atoms with Gasteiger partial charge in [0.2, 0.25) is 0 Å². The van der Waals surface area contributed by atoms with E-state index in [2.05, 4.69) is 31.2 Å². The van der Waals surface area contributed by atoms with Crippen molar-refractivity contribution in [3.63, 3.8) is 0 Å². The molecule has 1 aromatic rings. The summed E-state index contributed by atoms with van der Waals surface area (Å²) in [5.41, 5.74) is 7.83. The highest BCUT2D eigenvalue weighted by atomic mass is 16.5. The summed E-state index contributed by atoms with van der Waals surface area (Å²) in [5.74, 6) is 0.0896. The van der Waals surface area contributed by atoms with Gasteiger partial charge in [0.1, 0.15) is 5.54 Å². The van der Waals surface area contributed by atoms with Crippen LogP contribution in [0.25, 0.3) is 0 Å². The Morgan fingerprint density at radius 1 is 1.41 bits per heavy atom. The maximum atomic E-state index is 11.6. The molecule has 1 fully saturated rings. The Bertz CT molecular complexity index is 413. The molecule has 2 rings (SSSR count). The summed E-state index contributed by atoms with van der Waals surface area (Å²) >= 11 is 0. The number of esters is 1. The Balaban J connectivity index is 2.12. The molecule has 1 aliphatic carbocycles. The largest absolute Gasteiger partial charge is 0.468 e. The molecule has 0 spiro atoms. The number of carbonyl (C=O) groups is 1. The molecule has 0 saturated heterocycles. The van der Waals surface area contributed by atoms with Crippen molar-refractivity contribution in [2.24, 2.45) is 5.73 Å². The number of aryl methyl sites for hydroxylation is 1. The molecule has 0 radical (unpaired) electrons. The fraction of sp³-hybridized carbons (Fsp3) is 0.500. The maximum Gasteiger partial charge on any atom is 0.325 e. The molecule has 0 heterocycles. The van der Waals surface area contributed by atoms with E-state index >= 15 is 0 Å². The van der Waals surface area contributed by atoms with Crippen molar-refractivity contribution < 1.29 is 9.53 Å². The van der Waals surface area contributed by atoms with Crippen LogP contribution in [-0.4, -0.2) is 18.6 Å². The van der Waals surface area contributed by atoms with Crippen LogP contribution in [0.3, 0.4) is 0 Å². The second kappa shape index (κ2) is 4.49. The first-order valence-electron chi connectivity index (χ1n) is 5.99. The molecule has 0 bridgehead atoms. The van der Waals surface area contributed by atoms with Gasteiger partial charge >= 0.3 is 5.97 Å². The first-order valence-corrected chi connectivity index (χ1v) is 5.99. The van der Waals surface area contributed by atoms with Crippen molar-refractivity contribution in [2.45, 2.75) is 37.6 Å². The van der Waals surface area contributed by atoms with Crippen molar-refractivity contribution in [3.05, 3.63) is 35.4 Å².